The predicted octanol–water partition coefficient (Wildman–Crippen LogP) is 13.8. The average molecular weight is 746 g/mol. The zero-order valence-corrected chi connectivity index (χ0v) is 30.8. The first-order valence-corrected chi connectivity index (χ1v) is 19.1. The molecule has 5 nitrogen and oxygen atoms in total. The maximum Gasteiger partial charge on any atom is 0.167 e. The van der Waals surface area contributed by atoms with E-state index in [1.54, 1.807) is 0 Å². The van der Waals surface area contributed by atoms with Gasteiger partial charge in [-0.05, 0) is 75.1 Å². The molecular formula is C53H32N4O. The Morgan fingerprint density at radius 1 is 0.414 bits per heavy atom. The summed E-state index contributed by atoms with van der Waals surface area (Å²) in [5.74, 6) is 0.451. The topological polar surface area (TPSA) is 56.7 Å². The van der Waals surface area contributed by atoms with Crippen LogP contribution in [0.25, 0.3) is 116 Å². The van der Waals surface area contributed by atoms with Crippen LogP contribution >= 0.6 is 0 Å². The van der Waals surface area contributed by atoms with Crippen molar-refractivity contribution in [3.8, 4) is 51.0 Å². The second-order valence-corrected chi connectivity index (χ2v) is 14.4. The largest absolute Gasteiger partial charge is 0.455 e. The fourth-order valence-electron chi connectivity index (χ4n) is 8.41. The van der Waals surface area contributed by atoms with Gasteiger partial charge < -0.3 is 8.98 Å². The van der Waals surface area contributed by atoms with E-state index >= 15 is 0 Å². The quantitative estimate of drug-likeness (QED) is 0.165. The van der Waals surface area contributed by atoms with Crippen molar-refractivity contribution in [1.29, 1.82) is 0 Å². The number of furan rings is 1. The van der Waals surface area contributed by atoms with Crippen molar-refractivity contribution in [3.63, 3.8) is 0 Å². The van der Waals surface area contributed by atoms with Crippen molar-refractivity contribution in [2.24, 2.45) is 0 Å². The number of hydrogen-bond donors (Lipinski definition) is 0. The molecule has 12 rings (SSSR count). The summed E-state index contributed by atoms with van der Waals surface area (Å²) >= 11 is 0. The Bertz CT molecular complexity index is 3800. The summed E-state index contributed by atoms with van der Waals surface area (Å²) in [7, 11) is 0. The summed E-state index contributed by atoms with van der Waals surface area (Å²) < 4.78 is 52.1. The fourth-order valence-corrected chi connectivity index (χ4v) is 8.41. The monoisotopic (exact) mass is 745 g/mol. The van der Waals surface area contributed by atoms with Crippen LogP contribution in [0.2, 0.25) is 0 Å². The van der Waals surface area contributed by atoms with E-state index in [0.29, 0.717) is 22.3 Å². The van der Waals surface area contributed by atoms with Gasteiger partial charge in [-0.2, -0.15) is 0 Å². The number of para-hydroxylation sites is 2. The lowest BCUT2D eigenvalue weighted by Gasteiger charge is -2.12. The van der Waals surface area contributed by atoms with Crippen molar-refractivity contribution in [3.05, 3.63) is 194 Å². The first kappa shape index (κ1) is 27.7. The van der Waals surface area contributed by atoms with Gasteiger partial charge in [0.25, 0.3) is 0 Å². The van der Waals surface area contributed by atoms with Crippen LogP contribution in [0.5, 0.6) is 0 Å². The zero-order valence-electron chi connectivity index (χ0n) is 35.8. The Morgan fingerprint density at radius 2 is 1.00 bits per heavy atom. The molecule has 12 aromatic rings. The molecule has 0 atom stereocenters. The molecule has 3 aromatic heterocycles. The minimum atomic E-state index is -0.495. The number of hydrogen-bond acceptors (Lipinski definition) is 4. The Labute approximate surface area is 340 Å². The van der Waals surface area contributed by atoms with E-state index in [1.165, 1.54) is 21.5 Å². The van der Waals surface area contributed by atoms with Crippen LogP contribution in [-0.4, -0.2) is 19.5 Å². The van der Waals surface area contributed by atoms with Gasteiger partial charge in [0.15, 0.2) is 17.5 Å². The molecular weight excluding hydrogens is 709 g/mol. The third kappa shape index (κ3) is 5.14. The average Bonchev–Trinajstić information content (AvgIpc) is 3.88. The first-order chi connectivity index (χ1) is 30.8. The molecule has 0 bridgehead atoms. The van der Waals surface area contributed by atoms with Crippen LogP contribution < -0.4 is 0 Å². The van der Waals surface area contributed by atoms with Gasteiger partial charge in [-0.1, -0.05) is 152 Å². The molecule has 0 unspecified atom stereocenters. The lowest BCUT2D eigenvalue weighted by molar-refractivity contribution is 0.669. The van der Waals surface area contributed by atoms with Crippen molar-refractivity contribution in [1.82, 2.24) is 19.5 Å². The Balaban J connectivity index is 1.16. The number of rotatable bonds is 5. The maximum absolute atomic E-state index is 8.89. The van der Waals surface area contributed by atoms with Gasteiger partial charge >= 0.3 is 0 Å². The van der Waals surface area contributed by atoms with Crippen LogP contribution in [0.1, 0.15) is 6.85 Å². The van der Waals surface area contributed by atoms with Gasteiger partial charge in [-0.15, -0.1) is 0 Å². The summed E-state index contributed by atoms with van der Waals surface area (Å²) in [6.07, 6.45) is 0. The second-order valence-electron chi connectivity index (χ2n) is 14.4. The van der Waals surface area contributed by atoms with Gasteiger partial charge in [0.2, 0.25) is 0 Å². The highest BCUT2D eigenvalue weighted by molar-refractivity contribution is 6.14. The van der Waals surface area contributed by atoms with E-state index in [2.05, 4.69) is 102 Å². The SMILES string of the molecule is [2H]c1c([2H])c([2H])c(-c2nc(-c3ccccc3)nc(-c3cc(-n4c5ccccc5c5ccccc54)cc4c3oc3ccc(-c5ccc6ccc7ccccc7c6c5)cc34)n2)c([2H])c1[2H]. The summed E-state index contributed by atoms with van der Waals surface area (Å²) in [5, 5.41) is 8.67. The second kappa shape index (κ2) is 12.8. The highest BCUT2D eigenvalue weighted by atomic mass is 16.3. The lowest BCUT2D eigenvalue weighted by atomic mass is 9.96. The van der Waals surface area contributed by atoms with E-state index in [9.17, 15) is 0 Å². The molecule has 0 saturated carbocycles. The van der Waals surface area contributed by atoms with E-state index < -0.39 is 30.2 Å². The summed E-state index contributed by atoms with van der Waals surface area (Å²) in [6.45, 7) is 0. The van der Waals surface area contributed by atoms with E-state index in [-0.39, 0.29) is 23.0 Å². The van der Waals surface area contributed by atoms with Crippen LogP contribution in [-0.2, 0) is 0 Å². The van der Waals surface area contributed by atoms with Gasteiger partial charge in [-0.3, -0.25) is 0 Å². The standard InChI is InChI=1S/C53H32N4O/c1-3-14-35(15-4-1)51-54-52(36-16-5-2-6-17-36)56-53(55-51)46-32-39(57-47-21-11-9-19-41(47)42-20-10-12-22-48(42)57)31-45-44-30-38(27-28-49(44)58-50(45)46)37-26-25-34-24-23-33-13-7-8-18-40(33)43(34)29-37/h1-32H/i1D,3D,4D,14D,15D. The van der Waals surface area contributed by atoms with Crippen LogP contribution in [0.4, 0.5) is 0 Å². The molecule has 5 heteroatoms. The van der Waals surface area contributed by atoms with E-state index in [4.69, 9.17) is 26.2 Å². The van der Waals surface area contributed by atoms with Crippen LogP contribution in [0.15, 0.2) is 198 Å². The number of fused-ring (bicyclic) bond motifs is 9. The highest BCUT2D eigenvalue weighted by Crippen LogP contribution is 2.42. The lowest BCUT2D eigenvalue weighted by Crippen LogP contribution is -2.01. The number of benzene rings is 9. The van der Waals surface area contributed by atoms with Crippen molar-refractivity contribution in [2.75, 3.05) is 0 Å². The molecule has 0 spiro atoms. The molecule has 9 aromatic carbocycles. The third-order valence-electron chi connectivity index (χ3n) is 11.1. The minimum absolute atomic E-state index is 0.0477. The van der Waals surface area contributed by atoms with Crippen LogP contribution in [0.3, 0.4) is 0 Å². The summed E-state index contributed by atoms with van der Waals surface area (Å²) in [4.78, 5) is 14.8. The zero-order chi connectivity index (χ0) is 42.5. The molecule has 0 aliphatic heterocycles. The van der Waals surface area contributed by atoms with Gasteiger partial charge in [-0.25, -0.2) is 15.0 Å². The molecule has 0 N–H and O–H groups in total. The highest BCUT2D eigenvalue weighted by Gasteiger charge is 2.22. The molecule has 0 aliphatic carbocycles. The van der Waals surface area contributed by atoms with E-state index in [0.717, 1.165) is 49.4 Å². The molecule has 0 amide bonds. The Hall–Kier alpha value is -7.89. The Kier molecular flexibility index (Phi) is 6.12. The number of aromatic nitrogens is 4. The van der Waals surface area contributed by atoms with Gasteiger partial charge in [0.05, 0.1) is 23.5 Å². The molecule has 3 heterocycles. The predicted molar refractivity (Wildman–Crippen MR) is 238 cm³/mol. The molecule has 58 heavy (non-hydrogen) atoms. The Morgan fingerprint density at radius 3 is 1.76 bits per heavy atom. The summed E-state index contributed by atoms with van der Waals surface area (Å²) in [6, 6.07) is 53.6. The molecule has 270 valence electrons. The smallest absolute Gasteiger partial charge is 0.167 e. The van der Waals surface area contributed by atoms with Crippen molar-refractivity contribution in [2.45, 2.75) is 0 Å². The molecule has 0 aliphatic rings. The van der Waals surface area contributed by atoms with Crippen molar-refractivity contribution >= 4 is 65.3 Å². The first-order valence-electron chi connectivity index (χ1n) is 21.6. The van der Waals surface area contributed by atoms with Crippen LogP contribution in [0, 0.1) is 0 Å². The number of nitrogens with zero attached hydrogens (tertiary/aromatic N) is 4. The van der Waals surface area contributed by atoms with Crippen molar-refractivity contribution < 1.29 is 11.3 Å². The normalized spacial score (nSPS) is 13.0. The molecule has 0 saturated heterocycles. The minimum Gasteiger partial charge on any atom is -0.455 e. The summed E-state index contributed by atoms with van der Waals surface area (Å²) in [5.41, 5.74) is 7.27. The third-order valence-corrected chi connectivity index (χ3v) is 11.1. The fraction of sp³-hybridized carbons (Fsp3) is 0. The maximum atomic E-state index is 8.89. The van der Waals surface area contributed by atoms with E-state index in [1.807, 2.05) is 66.7 Å². The molecule has 0 fully saturated rings. The van der Waals surface area contributed by atoms with Gasteiger partial charge in [0.1, 0.15) is 11.2 Å². The molecule has 0 radical (unpaired) electrons. The van der Waals surface area contributed by atoms with Gasteiger partial charge in [0, 0.05) is 38.4 Å².